The summed E-state index contributed by atoms with van der Waals surface area (Å²) < 4.78 is 5.15. The quantitative estimate of drug-likeness (QED) is 0.736. The van der Waals surface area contributed by atoms with Gasteiger partial charge in [0.2, 0.25) is 0 Å². The molecule has 1 amide bonds. The molecule has 0 saturated heterocycles. The summed E-state index contributed by atoms with van der Waals surface area (Å²) in [6, 6.07) is 8.46. The number of benzene rings is 1. The van der Waals surface area contributed by atoms with E-state index in [4.69, 9.17) is 4.74 Å². The van der Waals surface area contributed by atoms with Gasteiger partial charge >= 0.3 is 5.97 Å². The lowest BCUT2D eigenvalue weighted by molar-refractivity contribution is -0.139. The number of nitrogens with one attached hydrogen (secondary N) is 1. The Labute approximate surface area is 151 Å². The van der Waals surface area contributed by atoms with E-state index in [1.54, 1.807) is 25.3 Å². The van der Waals surface area contributed by atoms with Gasteiger partial charge in [0.05, 0.1) is 12.0 Å². The second kappa shape index (κ2) is 8.48. The van der Waals surface area contributed by atoms with Gasteiger partial charge in [-0.15, -0.1) is 11.3 Å². The van der Waals surface area contributed by atoms with E-state index in [-0.39, 0.29) is 12.3 Å². The summed E-state index contributed by atoms with van der Waals surface area (Å²) in [5.41, 5.74) is 1.94. The number of hydrogen-bond donors (Lipinski definition) is 2. The molecule has 2 N–H and O–H groups in total. The Morgan fingerprint density at radius 3 is 2.56 bits per heavy atom. The summed E-state index contributed by atoms with van der Waals surface area (Å²) in [5, 5.41) is 11.8. The van der Waals surface area contributed by atoms with E-state index < -0.39 is 12.0 Å². The van der Waals surface area contributed by atoms with Gasteiger partial charge in [-0.3, -0.25) is 4.79 Å². The van der Waals surface area contributed by atoms with Gasteiger partial charge in [-0.2, -0.15) is 0 Å². The Kier molecular flexibility index (Phi) is 6.36. The van der Waals surface area contributed by atoms with Crippen molar-refractivity contribution in [2.24, 2.45) is 0 Å². The molecule has 132 valence electrons. The largest absolute Gasteiger partial charge is 0.497 e. The third kappa shape index (κ3) is 4.70. The normalized spacial score (nSPS) is 12.1. The van der Waals surface area contributed by atoms with E-state index in [0.29, 0.717) is 4.88 Å². The first-order valence-electron chi connectivity index (χ1n) is 7.86. The van der Waals surface area contributed by atoms with Crippen LogP contribution in [0.3, 0.4) is 0 Å². The molecule has 0 aliphatic heterocycles. The molecule has 2 rings (SSSR count). The highest BCUT2D eigenvalue weighted by Crippen LogP contribution is 2.32. The Morgan fingerprint density at radius 1 is 1.32 bits per heavy atom. The minimum atomic E-state index is -1.05. The van der Waals surface area contributed by atoms with Crippen LogP contribution in [0.1, 0.15) is 27.9 Å². The van der Waals surface area contributed by atoms with Crippen LogP contribution in [0.5, 0.6) is 5.75 Å². The van der Waals surface area contributed by atoms with Crippen molar-refractivity contribution in [1.29, 1.82) is 0 Å². The first-order valence-corrected chi connectivity index (χ1v) is 8.67. The highest BCUT2D eigenvalue weighted by atomic mass is 32.1. The molecule has 6 heteroatoms. The molecule has 1 atom stereocenters. The molecule has 1 heterocycles. The molecule has 0 radical (unpaired) electrons. The van der Waals surface area contributed by atoms with Gasteiger partial charge in [0.1, 0.15) is 11.8 Å². The smallest absolute Gasteiger partial charge is 0.326 e. The van der Waals surface area contributed by atoms with Gasteiger partial charge in [-0.25, -0.2) is 4.79 Å². The van der Waals surface area contributed by atoms with E-state index in [0.717, 1.165) is 21.8 Å². The summed E-state index contributed by atoms with van der Waals surface area (Å²) in [7, 11) is 1.61. The predicted octanol–water partition coefficient (Wildman–Crippen LogP) is 3.88. The van der Waals surface area contributed by atoms with Crippen LogP contribution >= 0.6 is 11.3 Å². The van der Waals surface area contributed by atoms with Crippen LogP contribution in [-0.4, -0.2) is 30.1 Å². The lowest BCUT2D eigenvalue weighted by atomic mass is 10.1. The molecule has 0 spiro atoms. The van der Waals surface area contributed by atoms with Crippen LogP contribution in [-0.2, 0) is 4.79 Å². The maximum atomic E-state index is 12.4. The van der Waals surface area contributed by atoms with E-state index in [2.05, 4.69) is 5.32 Å². The van der Waals surface area contributed by atoms with Gasteiger partial charge in [0.25, 0.3) is 5.91 Å². The molecule has 1 aromatic carbocycles. The van der Waals surface area contributed by atoms with Crippen molar-refractivity contribution in [2.75, 3.05) is 7.11 Å². The molecule has 2 aromatic rings. The van der Waals surface area contributed by atoms with Gasteiger partial charge in [0.15, 0.2) is 0 Å². The number of ether oxygens (including phenoxy) is 1. The monoisotopic (exact) mass is 359 g/mol. The van der Waals surface area contributed by atoms with Crippen LogP contribution in [0.25, 0.3) is 11.1 Å². The van der Waals surface area contributed by atoms with Gasteiger partial charge < -0.3 is 15.2 Å². The highest BCUT2D eigenvalue weighted by molar-refractivity contribution is 7.14. The average molecular weight is 359 g/mol. The van der Waals surface area contributed by atoms with Crippen molar-refractivity contribution in [3.63, 3.8) is 0 Å². The zero-order valence-electron chi connectivity index (χ0n) is 14.4. The van der Waals surface area contributed by atoms with E-state index >= 15 is 0 Å². The summed E-state index contributed by atoms with van der Waals surface area (Å²) in [4.78, 5) is 25.2. The Bertz CT molecular complexity index is 777. The van der Waals surface area contributed by atoms with E-state index in [9.17, 15) is 14.7 Å². The number of carboxylic acid groups (broad SMARTS) is 1. The highest BCUT2D eigenvalue weighted by Gasteiger charge is 2.21. The minimum Gasteiger partial charge on any atom is -0.497 e. The zero-order valence-corrected chi connectivity index (χ0v) is 15.2. The molecule has 0 aliphatic rings. The fourth-order valence-electron chi connectivity index (χ4n) is 2.37. The van der Waals surface area contributed by atoms with Gasteiger partial charge in [-0.05, 0) is 49.6 Å². The van der Waals surface area contributed by atoms with Crippen LogP contribution < -0.4 is 10.1 Å². The molecule has 0 aliphatic carbocycles. The van der Waals surface area contributed by atoms with Crippen LogP contribution in [0.2, 0.25) is 0 Å². The zero-order chi connectivity index (χ0) is 18.4. The molecule has 0 saturated carbocycles. The SMILES string of the molecule is C/C=C/CC(NC(=O)c1cc(-c2ccc(OC)cc2)c(C)s1)C(=O)O. The van der Waals surface area contributed by atoms with E-state index in [1.165, 1.54) is 11.3 Å². The maximum Gasteiger partial charge on any atom is 0.326 e. The van der Waals surface area contributed by atoms with Crippen molar-refractivity contribution >= 4 is 23.2 Å². The number of allylic oxidation sites excluding steroid dienone is 1. The average Bonchev–Trinajstić information content (AvgIpc) is 3.00. The number of hydrogen-bond acceptors (Lipinski definition) is 4. The third-order valence-electron chi connectivity index (χ3n) is 3.75. The van der Waals surface area contributed by atoms with Crippen LogP contribution in [0.4, 0.5) is 0 Å². The number of aryl methyl sites for hydroxylation is 1. The predicted molar refractivity (Wildman–Crippen MR) is 99.4 cm³/mol. The second-order valence-corrected chi connectivity index (χ2v) is 6.73. The molecular formula is C19H21NO4S. The number of amides is 1. The van der Waals surface area contributed by atoms with E-state index in [1.807, 2.05) is 38.1 Å². The Balaban J connectivity index is 2.19. The number of rotatable bonds is 7. The van der Waals surface area contributed by atoms with Gasteiger partial charge in [0, 0.05) is 4.88 Å². The van der Waals surface area contributed by atoms with Crippen molar-refractivity contribution in [3.8, 4) is 16.9 Å². The lowest BCUT2D eigenvalue weighted by Crippen LogP contribution is -2.40. The minimum absolute atomic E-state index is 0.257. The molecule has 5 nitrogen and oxygen atoms in total. The second-order valence-electron chi connectivity index (χ2n) is 5.48. The van der Waals surface area contributed by atoms with Crippen molar-refractivity contribution in [1.82, 2.24) is 5.32 Å². The molecule has 25 heavy (non-hydrogen) atoms. The number of carbonyl (C=O) groups is 2. The van der Waals surface area contributed by atoms with Crippen LogP contribution in [0, 0.1) is 6.92 Å². The summed E-state index contributed by atoms with van der Waals surface area (Å²) in [6.45, 7) is 3.75. The number of methoxy groups -OCH3 is 1. The van der Waals surface area contributed by atoms with Crippen molar-refractivity contribution in [3.05, 3.63) is 52.2 Å². The number of carboxylic acids is 1. The molecular weight excluding hydrogens is 338 g/mol. The lowest BCUT2D eigenvalue weighted by Gasteiger charge is -2.11. The number of aliphatic carboxylic acids is 1. The van der Waals surface area contributed by atoms with Crippen LogP contribution in [0.15, 0.2) is 42.5 Å². The molecule has 1 unspecified atom stereocenters. The maximum absolute atomic E-state index is 12.4. The Morgan fingerprint density at radius 2 is 2.00 bits per heavy atom. The number of thiophene rings is 1. The fourth-order valence-corrected chi connectivity index (χ4v) is 3.32. The third-order valence-corrected chi connectivity index (χ3v) is 4.80. The van der Waals surface area contributed by atoms with Crippen molar-refractivity contribution < 1.29 is 19.4 Å². The first-order chi connectivity index (χ1) is 12.0. The first kappa shape index (κ1) is 18.7. The summed E-state index contributed by atoms with van der Waals surface area (Å²) in [5.74, 6) is -0.650. The van der Waals surface area contributed by atoms with Crippen molar-refractivity contribution in [2.45, 2.75) is 26.3 Å². The molecule has 1 aromatic heterocycles. The topological polar surface area (TPSA) is 75.6 Å². The summed E-state index contributed by atoms with van der Waals surface area (Å²) in [6.07, 6.45) is 3.74. The fraction of sp³-hybridized carbons (Fsp3) is 0.263. The number of carbonyl (C=O) groups excluding carboxylic acids is 1. The molecule has 0 bridgehead atoms. The standard InChI is InChI=1S/C19H21NO4S/c1-4-5-6-16(19(22)23)20-18(21)17-11-15(12(2)25-17)13-7-9-14(24-3)10-8-13/h4-5,7-11,16H,6H2,1-3H3,(H,20,21)(H,22,23)/b5-4+. The van der Waals surface area contributed by atoms with Gasteiger partial charge in [-0.1, -0.05) is 24.3 Å². The summed E-state index contributed by atoms with van der Waals surface area (Å²) >= 11 is 1.35. The Hall–Kier alpha value is -2.60. The molecule has 0 fully saturated rings.